The number of guanidine groups is 1. The number of aromatic nitrogens is 1. The summed E-state index contributed by atoms with van der Waals surface area (Å²) in [6.45, 7) is 1.99. The number of halogens is 1. The van der Waals surface area contributed by atoms with Crippen molar-refractivity contribution in [2.45, 2.75) is 38.1 Å². The van der Waals surface area contributed by atoms with Gasteiger partial charge in [0.1, 0.15) is 5.82 Å². The Morgan fingerprint density at radius 3 is 2.56 bits per heavy atom. The van der Waals surface area contributed by atoms with Crippen LogP contribution in [0.5, 0.6) is 0 Å². The topological polar surface area (TPSA) is 69.1 Å². The zero-order chi connectivity index (χ0) is 22.5. The summed E-state index contributed by atoms with van der Waals surface area (Å²) in [5.74, 6) is -0.0935. The zero-order valence-electron chi connectivity index (χ0n) is 18.4. The Morgan fingerprint density at radius 2 is 1.88 bits per heavy atom. The molecule has 3 aliphatic rings. The van der Waals surface area contributed by atoms with Crippen LogP contribution in [0.3, 0.4) is 0 Å². The van der Waals surface area contributed by atoms with E-state index in [1.54, 1.807) is 13.2 Å². The van der Waals surface area contributed by atoms with Gasteiger partial charge in [0.05, 0.1) is 17.7 Å². The SMILES string of the molecule is CN1C(=N)N[C@](C)(c2cccc(-c3cncc(F)c3)c2)[C@H](C2=CC=C(C3CC3)CC2)C1=O. The second-order valence-corrected chi connectivity index (χ2v) is 9.24. The molecule has 2 aromatic rings. The van der Waals surface area contributed by atoms with Crippen molar-refractivity contribution in [1.82, 2.24) is 15.2 Å². The van der Waals surface area contributed by atoms with Crippen LogP contribution in [-0.2, 0) is 10.3 Å². The van der Waals surface area contributed by atoms with Crippen molar-refractivity contribution in [1.29, 1.82) is 5.41 Å². The molecule has 1 aliphatic heterocycles. The molecule has 0 radical (unpaired) electrons. The molecule has 2 N–H and O–H groups in total. The van der Waals surface area contributed by atoms with Crippen LogP contribution in [0.2, 0.25) is 0 Å². The lowest BCUT2D eigenvalue weighted by Gasteiger charge is -2.47. The molecule has 1 aromatic carbocycles. The normalized spacial score (nSPS) is 25.8. The van der Waals surface area contributed by atoms with Gasteiger partial charge in [-0.2, -0.15) is 0 Å². The minimum absolute atomic E-state index is 0.0800. The number of rotatable bonds is 4. The van der Waals surface area contributed by atoms with E-state index in [9.17, 15) is 9.18 Å². The first kappa shape index (κ1) is 20.6. The number of carbonyl (C=O) groups excluding carboxylic acids is 1. The number of benzene rings is 1. The Labute approximate surface area is 187 Å². The summed E-state index contributed by atoms with van der Waals surface area (Å²) >= 11 is 0. The summed E-state index contributed by atoms with van der Waals surface area (Å²) < 4.78 is 13.8. The van der Waals surface area contributed by atoms with Gasteiger partial charge in [-0.25, -0.2) is 4.39 Å². The van der Waals surface area contributed by atoms with Gasteiger partial charge >= 0.3 is 0 Å². The fraction of sp³-hybridized carbons (Fsp3) is 0.346. The van der Waals surface area contributed by atoms with Gasteiger partial charge in [-0.15, -0.1) is 0 Å². The van der Waals surface area contributed by atoms with Gasteiger partial charge in [0.2, 0.25) is 5.91 Å². The smallest absolute Gasteiger partial charge is 0.238 e. The van der Waals surface area contributed by atoms with Crippen LogP contribution in [0.1, 0.15) is 38.2 Å². The second-order valence-electron chi connectivity index (χ2n) is 9.24. The highest BCUT2D eigenvalue weighted by Crippen LogP contribution is 2.45. The summed E-state index contributed by atoms with van der Waals surface area (Å²) in [6.07, 6.45) is 11.5. The van der Waals surface area contributed by atoms with Crippen molar-refractivity contribution < 1.29 is 9.18 Å². The molecule has 32 heavy (non-hydrogen) atoms. The van der Waals surface area contributed by atoms with Crippen molar-refractivity contribution in [3.8, 4) is 11.1 Å². The average Bonchev–Trinajstić information content (AvgIpc) is 3.64. The molecule has 1 saturated heterocycles. The molecule has 2 aliphatic carbocycles. The van der Waals surface area contributed by atoms with Gasteiger partial charge in [-0.3, -0.25) is 20.1 Å². The number of carbonyl (C=O) groups is 1. The molecule has 164 valence electrons. The minimum atomic E-state index is -0.797. The lowest BCUT2D eigenvalue weighted by molar-refractivity contribution is -0.133. The number of amides is 1. The van der Waals surface area contributed by atoms with E-state index in [0.717, 1.165) is 35.5 Å². The fourth-order valence-corrected chi connectivity index (χ4v) is 5.02. The predicted octanol–water partition coefficient (Wildman–Crippen LogP) is 4.77. The van der Waals surface area contributed by atoms with Crippen molar-refractivity contribution >= 4 is 11.9 Å². The van der Waals surface area contributed by atoms with E-state index >= 15 is 0 Å². The van der Waals surface area contributed by atoms with E-state index in [-0.39, 0.29) is 11.9 Å². The van der Waals surface area contributed by atoms with Crippen LogP contribution in [0.4, 0.5) is 4.39 Å². The molecule has 2 fully saturated rings. The highest BCUT2D eigenvalue weighted by Gasteiger charge is 2.49. The van der Waals surface area contributed by atoms with Crippen molar-refractivity contribution in [2.24, 2.45) is 11.8 Å². The highest BCUT2D eigenvalue weighted by atomic mass is 19.1. The van der Waals surface area contributed by atoms with Crippen molar-refractivity contribution in [3.05, 3.63) is 77.4 Å². The number of nitrogens with zero attached hydrogens (tertiary/aromatic N) is 2. The maximum absolute atomic E-state index is 13.8. The van der Waals surface area contributed by atoms with E-state index in [4.69, 9.17) is 5.41 Å². The quantitative estimate of drug-likeness (QED) is 0.734. The van der Waals surface area contributed by atoms with E-state index < -0.39 is 17.3 Å². The Bertz CT molecular complexity index is 1170. The van der Waals surface area contributed by atoms with Crippen LogP contribution < -0.4 is 5.32 Å². The first-order chi connectivity index (χ1) is 15.4. The van der Waals surface area contributed by atoms with Gasteiger partial charge in [0.15, 0.2) is 5.96 Å². The number of pyridine rings is 1. The fourth-order valence-electron chi connectivity index (χ4n) is 5.02. The summed E-state index contributed by atoms with van der Waals surface area (Å²) in [5.41, 5.74) is 4.17. The Morgan fingerprint density at radius 1 is 1.12 bits per heavy atom. The number of allylic oxidation sites excluding steroid dienone is 3. The summed E-state index contributed by atoms with van der Waals surface area (Å²) in [7, 11) is 1.65. The first-order valence-electron chi connectivity index (χ1n) is 11.1. The van der Waals surface area contributed by atoms with E-state index in [2.05, 4.69) is 22.5 Å². The Balaban J connectivity index is 1.57. The van der Waals surface area contributed by atoms with Gasteiger partial charge < -0.3 is 5.32 Å². The summed E-state index contributed by atoms with van der Waals surface area (Å²) in [4.78, 5) is 18.8. The van der Waals surface area contributed by atoms with Crippen molar-refractivity contribution in [3.63, 3.8) is 0 Å². The average molecular weight is 431 g/mol. The lowest BCUT2D eigenvalue weighted by atomic mass is 9.70. The molecule has 2 atom stereocenters. The molecule has 0 unspecified atom stereocenters. The zero-order valence-corrected chi connectivity index (χ0v) is 18.4. The molecule has 0 spiro atoms. The predicted molar refractivity (Wildman–Crippen MR) is 122 cm³/mol. The number of nitrogens with one attached hydrogen (secondary N) is 2. The van der Waals surface area contributed by atoms with Gasteiger partial charge in [-0.1, -0.05) is 41.5 Å². The van der Waals surface area contributed by atoms with Crippen LogP contribution in [0.15, 0.2) is 66.0 Å². The molecule has 1 amide bonds. The molecular weight excluding hydrogens is 403 g/mol. The Kier molecular flexibility index (Phi) is 4.96. The molecule has 5 nitrogen and oxygen atoms in total. The maximum Gasteiger partial charge on any atom is 0.238 e. The summed E-state index contributed by atoms with van der Waals surface area (Å²) in [5, 5.41) is 11.7. The van der Waals surface area contributed by atoms with Crippen LogP contribution in [0, 0.1) is 23.1 Å². The third-order valence-electron chi connectivity index (χ3n) is 7.06. The lowest BCUT2D eigenvalue weighted by Crippen LogP contribution is -2.64. The third-order valence-corrected chi connectivity index (χ3v) is 7.06. The summed E-state index contributed by atoms with van der Waals surface area (Å²) in [6, 6.07) is 9.21. The van der Waals surface area contributed by atoms with E-state index in [1.807, 2.05) is 31.2 Å². The van der Waals surface area contributed by atoms with Crippen LogP contribution >= 0.6 is 0 Å². The van der Waals surface area contributed by atoms with Crippen LogP contribution in [-0.4, -0.2) is 28.8 Å². The third kappa shape index (κ3) is 3.53. The van der Waals surface area contributed by atoms with Gasteiger partial charge in [0, 0.05) is 18.8 Å². The maximum atomic E-state index is 13.8. The monoisotopic (exact) mass is 430 g/mol. The largest absolute Gasteiger partial charge is 0.346 e. The molecule has 5 rings (SSSR count). The van der Waals surface area contributed by atoms with Crippen molar-refractivity contribution in [2.75, 3.05) is 7.05 Å². The molecule has 1 saturated carbocycles. The van der Waals surface area contributed by atoms with Gasteiger partial charge in [-0.05, 0) is 61.8 Å². The molecule has 1 aromatic heterocycles. The van der Waals surface area contributed by atoms with Crippen LogP contribution in [0.25, 0.3) is 11.1 Å². The van der Waals surface area contributed by atoms with E-state index in [1.165, 1.54) is 35.6 Å². The van der Waals surface area contributed by atoms with Gasteiger partial charge in [0.25, 0.3) is 0 Å². The number of hydrogen-bond acceptors (Lipinski definition) is 3. The first-order valence-corrected chi connectivity index (χ1v) is 11.1. The second kappa shape index (κ2) is 7.69. The highest BCUT2D eigenvalue weighted by molar-refractivity contribution is 6.01. The molecule has 2 heterocycles. The molecular formula is C26H27FN4O. The molecule has 0 bridgehead atoms. The minimum Gasteiger partial charge on any atom is -0.346 e. The Hall–Kier alpha value is -3.28. The molecule has 6 heteroatoms. The number of hydrogen-bond donors (Lipinski definition) is 2. The standard InChI is InChI=1S/C26H27FN4O/c1-26(21-5-3-4-19(12-21)20-13-22(27)15-29-14-20)23(24(32)31(2)25(28)30-26)18-10-8-17(9-11-18)16-6-7-16/h3-5,8,10,12-16,23H,6-7,9,11H2,1-2H3,(H2,28,30)/t23-,26-/m1/s1. The van der Waals surface area contributed by atoms with E-state index in [0.29, 0.717) is 5.56 Å².